The fraction of sp³-hybridized carbons (Fsp3) is 0.263. The van der Waals surface area contributed by atoms with Crippen molar-refractivity contribution in [2.75, 3.05) is 7.11 Å². The number of hydrogen-bond acceptors (Lipinski definition) is 3. The number of methoxy groups -OCH3 is 1. The summed E-state index contributed by atoms with van der Waals surface area (Å²) in [6.07, 6.45) is 0.735. The number of benzene rings is 2. The summed E-state index contributed by atoms with van der Waals surface area (Å²) in [5, 5.41) is 12.0. The number of carbonyl (C=O) groups is 2. The zero-order chi connectivity index (χ0) is 17.1. The number of aliphatic carboxylic acids is 1. The Labute approximate surface area is 140 Å². The quantitative estimate of drug-likeness (QED) is 0.856. The maximum absolute atomic E-state index is 12.4. The average Bonchev–Trinajstić information content (AvgIpc) is 3.41. The number of carboxylic acids is 1. The summed E-state index contributed by atoms with van der Waals surface area (Å²) >= 11 is 0. The van der Waals surface area contributed by atoms with Gasteiger partial charge < -0.3 is 15.2 Å². The summed E-state index contributed by atoms with van der Waals surface area (Å²) in [5.41, 5.74) is 1.64. The van der Waals surface area contributed by atoms with Crippen LogP contribution in [0.4, 0.5) is 0 Å². The van der Waals surface area contributed by atoms with Crippen LogP contribution in [0.3, 0.4) is 0 Å². The number of hydrogen-bond donors (Lipinski definition) is 2. The van der Waals surface area contributed by atoms with Gasteiger partial charge in [-0.2, -0.15) is 0 Å². The molecule has 1 aliphatic carbocycles. The van der Waals surface area contributed by atoms with Gasteiger partial charge in [-0.15, -0.1) is 0 Å². The summed E-state index contributed by atoms with van der Waals surface area (Å²) in [4.78, 5) is 23.9. The van der Waals surface area contributed by atoms with Crippen LogP contribution in [0, 0.1) is 5.92 Å². The van der Waals surface area contributed by atoms with Crippen LogP contribution in [0.25, 0.3) is 0 Å². The van der Waals surface area contributed by atoms with Crippen molar-refractivity contribution < 1.29 is 19.4 Å². The van der Waals surface area contributed by atoms with Crippen LogP contribution in [-0.4, -0.2) is 24.1 Å². The number of rotatable bonds is 6. The zero-order valence-corrected chi connectivity index (χ0v) is 13.3. The number of carboxylic acid groups (broad SMARTS) is 1. The van der Waals surface area contributed by atoms with Crippen LogP contribution in [0.15, 0.2) is 54.6 Å². The van der Waals surface area contributed by atoms with E-state index >= 15 is 0 Å². The van der Waals surface area contributed by atoms with Crippen LogP contribution < -0.4 is 10.1 Å². The Balaban J connectivity index is 1.65. The smallest absolute Gasteiger partial charge is 0.330 e. The van der Waals surface area contributed by atoms with Gasteiger partial charge in [0.1, 0.15) is 5.75 Å². The van der Waals surface area contributed by atoms with Gasteiger partial charge in [0.2, 0.25) is 5.91 Å². The molecule has 1 saturated carbocycles. The van der Waals surface area contributed by atoms with Crippen LogP contribution in [0.1, 0.15) is 29.5 Å². The van der Waals surface area contributed by atoms with E-state index in [9.17, 15) is 14.7 Å². The summed E-state index contributed by atoms with van der Waals surface area (Å²) < 4.78 is 5.13. The van der Waals surface area contributed by atoms with Crippen molar-refractivity contribution in [1.82, 2.24) is 5.32 Å². The Morgan fingerprint density at radius 1 is 1.12 bits per heavy atom. The Morgan fingerprint density at radius 2 is 1.79 bits per heavy atom. The van der Waals surface area contributed by atoms with Gasteiger partial charge in [0.25, 0.3) is 0 Å². The van der Waals surface area contributed by atoms with E-state index in [2.05, 4.69) is 5.32 Å². The molecule has 3 atom stereocenters. The first-order valence-electron chi connectivity index (χ1n) is 7.82. The van der Waals surface area contributed by atoms with Gasteiger partial charge in [-0.3, -0.25) is 4.79 Å². The molecule has 0 heterocycles. The van der Waals surface area contributed by atoms with E-state index in [1.54, 1.807) is 31.4 Å². The molecule has 1 aliphatic rings. The van der Waals surface area contributed by atoms with E-state index < -0.39 is 12.0 Å². The molecule has 5 heteroatoms. The standard InChI is InChI=1S/C19H19NO4/c1-24-14-9-7-12(8-10-14)15-11-16(15)18(21)20-17(19(22)23)13-5-3-2-4-6-13/h2-10,15-17H,11H2,1H3,(H,20,21)(H,22,23). The lowest BCUT2D eigenvalue weighted by atomic mass is 10.1. The lowest BCUT2D eigenvalue weighted by Gasteiger charge is -2.15. The Morgan fingerprint density at radius 3 is 2.38 bits per heavy atom. The van der Waals surface area contributed by atoms with Gasteiger partial charge in [0, 0.05) is 5.92 Å². The SMILES string of the molecule is COc1ccc(C2CC2C(=O)NC(C(=O)O)c2ccccc2)cc1. The van der Waals surface area contributed by atoms with Crippen molar-refractivity contribution in [2.45, 2.75) is 18.4 Å². The van der Waals surface area contributed by atoms with Gasteiger partial charge in [-0.05, 0) is 35.6 Å². The zero-order valence-electron chi connectivity index (χ0n) is 13.3. The molecule has 2 aromatic rings. The molecule has 0 saturated heterocycles. The Kier molecular flexibility index (Phi) is 4.51. The first-order chi connectivity index (χ1) is 11.6. The van der Waals surface area contributed by atoms with Crippen LogP contribution >= 0.6 is 0 Å². The van der Waals surface area contributed by atoms with Crippen LogP contribution in [-0.2, 0) is 9.59 Å². The first-order valence-corrected chi connectivity index (χ1v) is 7.82. The van der Waals surface area contributed by atoms with E-state index in [0.717, 1.165) is 17.7 Å². The van der Waals surface area contributed by atoms with Crippen molar-refractivity contribution in [3.8, 4) is 5.75 Å². The van der Waals surface area contributed by atoms with Crippen molar-refractivity contribution in [3.05, 3.63) is 65.7 Å². The minimum absolute atomic E-state index is 0.140. The molecule has 3 rings (SSSR count). The fourth-order valence-corrected chi connectivity index (χ4v) is 2.89. The van der Waals surface area contributed by atoms with Crippen molar-refractivity contribution in [1.29, 1.82) is 0 Å². The monoisotopic (exact) mass is 325 g/mol. The molecule has 24 heavy (non-hydrogen) atoms. The summed E-state index contributed by atoms with van der Waals surface area (Å²) in [7, 11) is 1.61. The fourth-order valence-electron chi connectivity index (χ4n) is 2.89. The Bertz CT molecular complexity index is 727. The van der Waals surface area contributed by atoms with E-state index in [0.29, 0.717) is 5.56 Å². The van der Waals surface area contributed by atoms with Crippen molar-refractivity contribution in [3.63, 3.8) is 0 Å². The molecule has 0 spiro atoms. The second-order valence-electron chi connectivity index (χ2n) is 5.91. The lowest BCUT2D eigenvalue weighted by Crippen LogP contribution is -2.34. The van der Waals surface area contributed by atoms with Crippen molar-refractivity contribution in [2.24, 2.45) is 5.92 Å². The number of ether oxygens (including phenoxy) is 1. The molecule has 1 amide bonds. The predicted molar refractivity (Wildman–Crippen MR) is 88.8 cm³/mol. The third-order valence-corrected chi connectivity index (χ3v) is 4.34. The number of carbonyl (C=O) groups excluding carboxylic acids is 1. The third kappa shape index (κ3) is 3.40. The molecule has 124 valence electrons. The van der Waals surface area contributed by atoms with E-state index in [1.807, 2.05) is 30.3 Å². The van der Waals surface area contributed by atoms with E-state index in [-0.39, 0.29) is 17.7 Å². The molecule has 5 nitrogen and oxygen atoms in total. The minimum atomic E-state index is -1.06. The summed E-state index contributed by atoms with van der Waals surface area (Å²) in [6.45, 7) is 0. The van der Waals surface area contributed by atoms with E-state index in [1.165, 1.54) is 0 Å². The van der Waals surface area contributed by atoms with Gasteiger partial charge in [0.15, 0.2) is 6.04 Å². The number of nitrogens with one attached hydrogen (secondary N) is 1. The molecule has 0 bridgehead atoms. The van der Waals surface area contributed by atoms with E-state index in [4.69, 9.17) is 4.74 Å². The van der Waals surface area contributed by atoms with Crippen molar-refractivity contribution >= 4 is 11.9 Å². The second kappa shape index (κ2) is 6.74. The maximum atomic E-state index is 12.4. The largest absolute Gasteiger partial charge is 0.497 e. The Hall–Kier alpha value is -2.82. The average molecular weight is 325 g/mol. The van der Waals surface area contributed by atoms with Gasteiger partial charge in [-0.25, -0.2) is 4.79 Å². The summed E-state index contributed by atoms with van der Waals surface area (Å²) in [5.74, 6) is -0.538. The maximum Gasteiger partial charge on any atom is 0.330 e. The first kappa shape index (κ1) is 16.1. The summed E-state index contributed by atoms with van der Waals surface area (Å²) in [6, 6.07) is 15.3. The topological polar surface area (TPSA) is 75.6 Å². The molecular weight excluding hydrogens is 306 g/mol. The van der Waals surface area contributed by atoms with Gasteiger partial charge in [0.05, 0.1) is 7.11 Å². The highest BCUT2D eigenvalue weighted by molar-refractivity contribution is 5.88. The van der Waals surface area contributed by atoms with Gasteiger partial charge in [-0.1, -0.05) is 42.5 Å². The second-order valence-corrected chi connectivity index (χ2v) is 5.91. The molecule has 2 aromatic carbocycles. The highest BCUT2D eigenvalue weighted by Crippen LogP contribution is 2.48. The molecule has 2 N–H and O–H groups in total. The predicted octanol–water partition coefficient (Wildman–Crippen LogP) is 2.74. The molecule has 3 unspecified atom stereocenters. The molecule has 1 fully saturated rings. The number of amides is 1. The minimum Gasteiger partial charge on any atom is -0.497 e. The van der Waals surface area contributed by atoms with Gasteiger partial charge >= 0.3 is 5.97 Å². The highest BCUT2D eigenvalue weighted by atomic mass is 16.5. The third-order valence-electron chi connectivity index (χ3n) is 4.34. The normalized spacial score (nSPS) is 20.0. The molecule has 0 radical (unpaired) electrons. The molecule has 0 aromatic heterocycles. The highest BCUT2D eigenvalue weighted by Gasteiger charge is 2.44. The molecular formula is C19H19NO4. The molecule has 0 aliphatic heterocycles. The van der Waals surface area contributed by atoms with Crippen LogP contribution in [0.5, 0.6) is 5.75 Å². The lowest BCUT2D eigenvalue weighted by molar-refractivity contribution is -0.142. The van der Waals surface area contributed by atoms with Crippen LogP contribution in [0.2, 0.25) is 0 Å².